The molecule has 1 aromatic rings. The first-order valence-corrected chi connectivity index (χ1v) is 6.44. The Morgan fingerprint density at radius 3 is 2.53 bits per heavy atom. The minimum atomic E-state index is -0.930. The summed E-state index contributed by atoms with van der Waals surface area (Å²) >= 11 is 3.07. The number of nitrogens with one attached hydrogen (secondary N) is 1. The van der Waals surface area contributed by atoms with Crippen molar-refractivity contribution in [1.82, 2.24) is 10.2 Å². The molecule has 2 unspecified atom stereocenters. The van der Waals surface area contributed by atoms with Gasteiger partial charge in [-0.05, 0) is 28.1 Å². The molecule has 19 heavy (non-hydrogen) atoms. The Balaban J connectivity index is 1.82. The lowest BCUT2D eigenvalue weighted by Crippen LogP contribution is -2.39. The third kappa shape index (κ3) is 3.34. The van der Waals surface area contributed by atoms with Gasteiger partial charge in [0.15, 0.2) is 10.4 Å². The molecule has 0 saturated carbocycles. The van der Waals surface area contributed by atoms with E-state index in [1.807, 2.05) is 0 Å². The number of amides is 2. The van der Waals surface area contributed by atoms with Gasteiger partial charge in [0.25, 0.3) is 5.91 Å². The maximum Gasteiger partial charge on any atom is 0.287 e. The van der Waals surface area contributed by atoms with Crippen molar-refractivity contribution in [3.05, 3.63) is 22.6 Å². The van der Waals surface area contributed by atoms with Crippen LogP contribution in [0.1, 0.15) is 10.6 Å². The fourth-order valence-electron chi connectivity index (χ4n) is 1.76. The summed E-state index contributed by atoms with van der Waals surface area (Å²) in [4.78, 5) is 24.6. The van der Waals surface area contributed by atoms with Crippen LogP contribution in [0.4, 0.5) is 0 Å². The van der Waals surface area contributed by atoms with Crippen molar-refractivity contribution in [2.45, 2.75) is 12.2 Å². The lowest BCUT2D eigenvalue weighted by atomic mass is 10.3. The highest BCUT2D eigenvalue weighted by Gasteiger charge is 2.32. The summed E-state index contributed by atoms with van der Waals surface area (Å²) in [6.07, 6.45) is -1.86. The zero-order valence-electron chi connectivity index (χ0n) is 9.88. The van der Waals surface area contributed by atoms with E-state index in [9.17, 15) is 19.8 Å². The Labute approximate surface area is 117 Å². The van der Waals surface area contributed by atoms with E-state index in [0.29, 0.717) is 4.67 Å². The molecule has 2 amide bonds. The summed E-state index contributed by atoms with van der Waals surface area (Å²) in [5, 5.41) is 21.1. The number of β-amino-alcohol motifs (C(OH)–C–C–N with tert-alkyl or cyclic N) is 2. The summed E-state index contributed by atoms with van der Waals surface area (Å²) in [5.41, 5.74) is 0. The van der Waals surface area contributed by atoms with E-state index in [1.54, 1.807) is 6.07 Å². The van der Waals surface area contributed by atoms with Gasteiger partial charge in [-0.2, -0.15) is 0 Å². The molecule has 0 radical (unpaired) electrons. The number of furan rings is 1. The van der Waals surface area contributed by atoms with Crippen LogP contribution in [0.25, 0.3) is 0 Å². The maximum atomic E-state index is 11.7. The van der Waals surface area contributed by atoms with Crippen LogP contribution < -0.4 is 5.32 Å². The minimum absolute atomic E-state index is 0.0716. The number of hydrogen-bond donors (Lipinski definition) is 3. The van der Waals surface area contributed by atoms with Crippen LogP contribution in [0.2, 0.25) is 0 Å². The summed E-state index contributed by atoms with van der Waals surface area (Å²) in [5.74, 6) is -0.768. The zero-order chi connectivity index (χ0) is 14.0. The van der Waals surface area contributed by atoms with Crippen molar-refractivity contribution >= 4 is 27.7 Å². The lowest BCUT2D eigenvalue weighted by molar-refractivity contribution is -0.129. The smallest absolute Gasteiger partial charge is 0.287 e. The lowest BCUT2D eigenvalue weighted by Gasteiger charge is -2.15. The molecule has 3 N–H and O–H groups in total. The molecular weight excluding hydrogens is 320 g/mol. The van der Waals surface area contributed by atoms with Gasteiger partial charge in [-0.15, -0.1) is 0 Å². The number of hydrogen-bond acceptors (Lipinski definition) is 5. The molecule has 104 valence electrons. The fraction of sp³-hybridized carbons (Fsp3) is 0.455. The second kappa shape index (κ2) is 5.72. The monoisotopic (exact) mass is 332 g/mol. The number of carbonyl (C=O) groups is 2. The Morgan fingerprint density at radius 2 is 2.00 bits per heavy atom. The van der Waals surface area contributed by atoms with Crippen molar-refractivity contribution in [2.24, 2.45) is 0 Å². The van der Waals surface area contributed by atoms with E-state index in [-0.39, 0.29) is 31.3 Å². The third-order valence-corrected chi connectivity index (χ3v) is 3.24. The molecule has 1 aliphatic heterocycles. The molecule has 1 aliphatic rings. The predicted octanol–water partition coefficient (Wildman–Crippen LogP) is -0.664. The molecule has 1 aromatic heterocycles. The number of halogens is 1. The number of aliphatic hydroxyl groups is 2. The summed E-state index contributed by atoms with van der Waals surface area (Å²) in [6.45, 7) is -0.0685. The molecular formula is C11H13BrN2O5. The molecule has 1 saturated heterocycles. The van der Waals surface area contributed by atoms with Crippen LogP contribution in [0.15, 0.2) is 21.2 Å². The quantitative estimate of drug-likeness (QED) is 0.681. The topological polar surface area (TPSA) is 103 Å². The molecule has 2 atom stereocenters. The highest BCUT2D eigenvalue weighted by atomic mass is 79.9. The average Bonchev–Trinajstić information content (AvgIpc) is 2.93. The second-order valence-corrected chi connectivity index (χ2v) is 5.00. The average molecular weight is 333 g/mol. The number of carbonyl (C=O) groups excluding carboxylic acids is 2. The molecule has 2 heterocycles. The van der Waals surface area contributed by atoms with E-state index in [2.05, 4.69) is 21.2 Å². The van der Waals surface area contributed by atoms with Gasteiger partial charge in [0, 0.05) is 13.1 Å². The van der Waals surface area contributed by atoms with Crippen LogP contribution in [0, 0.1) is 0 Å². The van der Waals surface area contributed by atoms with E-state index in [0.717, 1.165) is 0 Å². The van der Waals surface area contributed by atoms with E-state index in [4.69, 9.17) is 4.42 Å². The van der Waals surface area contributed by atoms with Crippen molar-refractivity contribution in [3.8, 4) is 0 Å². The molecule has 2 rings (SSSR count). The molecule has 0 spiro atoms. The van der Waals surface area contributed by atoms with Gasteiger partial charge in [-0.1, -0.05) is 0 Å². The van der Waals surface area contributed by atoms with E-state index >= 15 is 0 Å². The Hall–Kier alpha value is -1.38. The largest absolute Gasteiger partial charge is 0.444 e. The van der Waals surface area contributed by atoms with Gasteiger partial charge in [0.1, 0.15) is 0 Å². The van der Waals surface area contributed by atoms with Gasteiger partial charge in [0.05, 0.1) is 18.8 Å². The van der Waals surface area contributed by atoms with Crippen LogP contribution in [0.3, 0.4) is 0 Å². The highest BCUT2D eigenvalue weighted by molar-refractivity contribution is 9.10. The van der Waals surface area contributed by atoms with Crippen molar-refractivity contribution in [2.75, 3.05) is 19.6 Å². The predicted molar refractivity (Wildman–Crippen MR) is 67.3 cm³/mol. The zero-order valence-corrected chi connectivity index (χ0v) is 11.5. The first kappa shape index (κ1) is 14.0. The van der Waals surface area contributed by atoms with Crippen molar-refractivity contribution < 1.29 is 24.2 Å². The first-order chi connectivity index (χ1) is 8.97. The Morgan fingerprint density at radius 1 is 1.37 bits per heavy atom. The minimum Gasteiger partial charge on any atom is -0.444 e. The van der Waals surface area contributed by atoms with Gasteiger partial charge in [-0.25, -0.2) is 0 Å². The van der Waals surface area contributed by atoms with E-state index in [1.165, 1.54) is 11.0 Å². The molecule has 0 bridgehead atoms. The second-order valence-electron chi connectivity index (χ2n) is 4.22. The normalized spacial score (nSPS) is 22.6. The standard InChI is InChI=1S/C11H13BrN2O5/c12-9-2-1-8(19-9)11(18)13-3-10(17)14-4-6(15)7(16)5-14/h1-2,6-7,15-16H,3-5H2,(H,13,18). The van der Waals surface area contributed by atoms with Gasteiger partial charge in [-0.3, -0.25) is 9.59 Å². The fourth-order valence-corrected chi connectivity index (χ4v) is 2.07. The van der Waals surface area contributed by atoms with Crippen LogP contribution in [-0.2, 0) is 4.79 Å². The number of rotatable bonds is 3. The number of likely N-dealkylation sites (tertiary alicyclic amines) is 1. The van der Waals surface area contributed by atoms with Crippen LogP contribution in [0.5, 0.6) is 0 Å². The first-order valence-electron chi connectivity index (χ1n) is 5.65. The SMILES string of the molecule is O=C(NCC(=O)N1CC(O)C(O)C1)c1ccc(Br)o1. The summed E-state index contributed by atoms with van der Waals surface area (Å²) in [7, 11) is 0. The van der Waals surface area contributed by atoms with Gasteiger partial charge >= 0.3 is 0 Å². The van der Waals surface area contributed by atoms with Gasteiger partial charge in [0.2, 0.25) is 5.91 Å². The van der Waals surface area contributed by atoms with E-state index < -0.39 is 18.1 Å². The maximum absolute atomic E-state index is 11.7. The van der Waals surface area contributed by atoms with Crippen LogP contribution >= 0.6 is 15.9 Å². The summed E-state index contributed by atoms with van der Waals surface area (Å²) in [6, 6.07) is 3.05. The molecule has 0 aromatic carbocycles. The number of aliphatic hydroxyl groups excluding tert-OH is 2. The van der Waals surface area contributed by atoms with Crippen molar-refractivity contribution in [1.29, 1.82) is 0 Å². The molecule has 8 heteroatoms. The molecule has 7 nitrogen and oxygen atoms in total. The van der Waals surface area contributed by atoms with Crippen molar-refractivity contribution in [3.63, 3.8) is 0 Å². The highest BCUT2D eigenvalue weighted by Crippen LogP contribution is 2.14. The van der Waals surface area contributed by atoms with Crippen LogP contribution in [-0.4, -0.2) is 58.8 Å². The Kier molecular flexibility index (Phi) is 4.23. The van der Waals surface area contributed by atoms with Gasteiger partial charge < -0.3 is 24.8 Å². The Bertz CT molecular complexity index is 479. The number of nitrogens with zero attached hydrogens (tertiary/aromatic N) is 1. The third-order valence-electron chi connectivity index (χ3n) is 2.81. The summed E-state index contributed by atoms with van der Waals surface area (Å²) < 4.78 is 5.46. The molecule has 1 fully saturated rings. The molecule has 0 aliphatic carbocycles.